The Kier molecular flexibility index (Phi) is 1.25. The molecule has 3 heteroatoms. The molecule has 2 fully saturated rings. The first kappa shape index (κ1) is 7.56. The number of carbonyl (C=O) groups excluding carboxylic acids is 1. The highest BCUT2D eigenvalue weighted by atomic mass is 16.6. The molecule has 0 spiro atoms. The van der Waals surface area contributed by atoms with Gasteiger partial charge in [0, 0.05) is 0 Å². The van der Waals surface area contributed by atoms with Crippen molar-refractivity contribution in [3.63, 3.8) is 0 Å². The molecule has 13 heavy (non-hydrogen) atoms. The van der Waals surface area contributed by atoms with Gasteiger partial charge in [0.25, 0.3) is 0 Å². The zero-order chi connectivity index (χ0) is 9.05. The first-order chi connectivity index (χ1) is 6.28. The van der Waals surface area contributed by atoms with Crippen LogP contribution in [0, 0.1) is 11.3 Å². The molecule has 0 aliphatic carbocycles. The van der Waals surface area contributed by atoms with Crippen LogP contribution in [-0.4, -0.2) is 24.8 Å². The number of esters is 1. The van der Waals surface area contributed by atoms with Crippen LogP contribution >= 0.6 is 0 Å². The van der Waals surface area contributed by atoms with Crippen LogP contribution in [0.25, 0.3) is 0 Å². The van der Waals surface area contributed by atoms with Crippen molar-refractivity contribution >= 4 is 5.97 Å². The van der Waals surface area contributed by atoms with E-state index in [1.807, 2.05) is 6.08 Å². The van der Waals surface area contributed by atoms with Gasteiger partial charge in [-0.3, -0.25) is 4.79 Å². The van der Waals surface area contributed by atoms with E-state index in [9.17, 15) is 4.79 Å². The zero-order valence-corrected chi connectivity index (χ0v) is 7.53. The number of hydrogen-bond acceptors (Lipinski definition) is 3. The fraction of sp³-hybridized carbons (Fsp3) is 0.700. The summed E-state index contributed by atoms with van der Waals surface area (Å²) in [4.78, 5) is 11.5. The van der Waals surface area contributed by atoms with Gasteiger partial charge in [-0.2, -0.15) is 0 Å². The summed E-state index contributed by atoms with van der Waals surface area (Å²) in [5, 5.41) is 0. The Hall–Kier alpha value is -0.830. The summed E-state index contributed by atoms with van der Waals surface area (Å²) < 4.78 is 10.8. The molecule has 2 bridgehead atoms. The minimum Gasteiger partial charge on any atom is -0.465 e. The van der Waals surface area contributed by atoms with Crippen LogP contribution in [0.4, 0.5) is 0 Å². The van der Waals surface area contributed by atoms with Crippen molar-refractivity contribution in [2.45, 2.75) is 25.6 Å². The summed E-state index contributed by atoms with van der Waals surface area (Å²) in [6.45, 7) is 2.64. The fourth-order valence-corrected chi connectivity index (χ4v) is 2.85. The van der Waals surface area contributed by atoms with Crippen LogP contribution in [0.5, 0.6) is 0 Å². The van der Waals surface area contributed by atoms with Gasteiger partial charge in [0.1, 0.15) is 6.61 Å². The maximum absolute atomic E-state index is 11.5. The van der Waals surface area contributed by atoms with Gasteiger partial charge >= 0.3 is 5.97 Å². The molecule has 2 saturated heterocycles. The molecule has 3 rings (SSSR count). The Bertz CT molecular complexity index is 297. The lowest BCUT2D eigenvalue weighted by Gasteiger charge is -2.28. The predicted octanol–water partition coefficient (Wildman–Crippen LogP) is 0.893. The Morgan fingerprint density at radius 2 is 2.46 bits per heavy atom. The summed E-state index contributed by atoms with van der Waals surface area (Å²) >= 11 is 0. The standard InChI is InChI=1S/C10H12O3/c1-2-10-5-12-9(11)8(10)6-3-4-7(10)13-6/h3-4,6-8H,2,5H2,1H3. The third-order valence-electron chi connectivity index (χ3n) is 3.69. The quantitative estimate of drug-likeness (QED) is 0.444. The number of rotatable bonds is 1. The molecule has 70 valence electrons. The second-order valence-electron chi connectivity index (χ2n) is 4.08. The maximum atomic E-state index is 11.5. The molecular weight excluding hydrogens is 168 g/mol. The first-order valence-electron chi connectivity index (χ1n) is 4.78. The van der Waals surface area contributed by atoms with Gasteiger partial charge in [-0.1, -0.05) is 19.1 Å². The van der Waals surface area contributed by atoms with Crippen LogP contribution in [0.2, 0.25) is 0 Å². The summed E-state index contributed by atoms with van der Waals surface area (Å²) in [6.07, 6.45) is 5.12. The van der Waals surface area contributed by atoms with E-state index in [-0.39, 0.29) is 29.5 Å². The van der Waals surface area contributed by atoms with Crippen LogP contribution in [0.1, 0.15) is 13.3 Å². The van der Waals surface area contributed by atoms with Gasteiger partial charge in [-0.15, -0.1) is 0 Å². The number of hydrogen-bond donors (Lipinski definition) is 0. The van der Waals surface area contributed by atoms with E-state index in [0.29, 0.717) is 6.61 Å². The number of cyclic esters (lactones) is 1. The van der Waals surface area contributed by atoms with E-state index in [0.717, 1.165) is 6.42 Å². The van der Waals surface area contributed by atoms with Crippen LogP contribution < -0.4 is 0 Å². The minimum atomic E-state index is -0.0706. The highest BCUT2D eigenvalue weighted by Gasteiger charge is 2.64. The maximum Gasteiger partial charge on any atom is 0.312 e. The van der Waals surface area contributed by atoms with Crippen molar-refractivity contribution < 1.29 is 14.3 Å². The van der Waals surface area contributed by atoms with Crippen molar-refractivity contribution in [1.82, 2.24) is 0 Å². The first-order valence-corrected chi connectivity index (χ1v) is 4.78. The van der Waals surface area contributed by atoms with E-state index in [4.69, 9.17) is 9.47 Å². The third-order valence-corrected chi connectivity index (χ3v) is 3.69. The van der Waals surface area contributed by atoms with Crippen molar-refractivity contribution in [3.8, 4) is 0 Å². The molecule has 3 aliphatic heterocycles. The van der Waals surface area contributed by atoms with E-state index in [1.54, 1.807) is 0 Å². The van der Waals surface area contributed by atoms with Gasteiger partial charge < -0.3 is 9.47 Å². The molecular formula is C10H12O3. The van der Waals surface area contributed by atoms with E-state index in [1.165, 1.54) is 0 Å². The van der Waals surface area contributed by atoms with E-state index >= 15 is 0 Å². The summed E-state index contributed by atoms with van der Waals surface area (Å²) in [5.41, 5.74) is -0.0451. The molecule has 0 aromatic carbocycles. The van der Waals surface area contributed by atoms with Crippen molar-refractivity contribution in [2.75, 3.05) is 6.61 Å². The van der Waals surface area contributed by atoms with Gasteiger partial charge in [0.15, 0.2) is 0 Å². The molecule has 0 aromatic rings. The van der Waals surface area contributed by atoms with Gasteiger partial charge in [0.05, 0.1) is 23.5 Å². The van der Waals surface area contributed by atoms with Crippen molar-refractivity contribution in [1.29, 1.82) is 0 Å². The molecule has 0 radical (unpaired) electrons. The molecule has 4 unspecified atom stereocenters. The lowest BCUT2D eigenvalue weighted by atomic mass is 9.69. The van der Waals surface area contributed by atoms with Crippen molar-refractivity contribution in [2.24, 2.45) is 11.3 Å². The number of carbonyl (C=O) groups is 1. The Morgan fingerprint density at radius 1 is 1.62 bits per heavy atom. The van der Waals surface area contributed by atoms with E-state index < -0.39 is 0 Å². The molecule has 0 N–H and O–H groups in total. The lowest BCUT2D eigenvalue weighted by molar-refractivity contribution is -0.143. The van der Waals surface area contributed by atoms with Gasteiger partial charge in [0.2, 0.25) is 0 Å². The predicted molar refractivity (Wildman–Crippen MR) is 45.0 cm³/mol. The topological polar surface area (TPSA) is 35.5 Å². The molecule has 3 nitrogen and oxygen atoms in total. The molecule has 0 aromatic heterocycles. The summed E-state index contributed by atoms with van der Waals surface area (Å²) in [6, 6.07) is 0. The van der Waals surface area contributed by atoms with Crippen LogP contribution in [-0.2, 0) is 14.3 Å². The monoisotopic (exact) mass is 180 g/mol. The molecule has 4 atom stereocenters. The minimum absolute atomic E-state index is 0.0139. The second kappa shape index (κ2) is 2.15. The summed E-state index contributed by atoms with van der Waals surface area (Å²) in [5.74, 6) is -0.105. The zero-order valence-electron chi connectivity index (χ0n) is 7.53. The average Bonchev–Trinajstić information content (AvgIpc) is 2.77. The highest BCUT2D eigenvalue weighted by molar-refractivity contribution is 5.78. The fourth-order valence-electron chi connectivity index (χ4n) is 2.85. The van der Waals surface area contributed by atoms with Gasteiger partial charge in [-0.05, 0) is 6.42 Å². The van der Waals surface area contributed by atoms with Crippen molar-refractivity contribution in [3.05, 3.63) is 12.2 Å². The average molecular weight is 180 g/mol. The third kappa shape index (κ3) is 0.680. The van der Waals surface area contributed by atoms with Crippen LogP contribution in [0.15, 0.2) is 12.2 Å². The highest BCUT2D eigenvalue weighted by Crippen LogP contribution is 2.54. The summed E-state index contributed by atoms with van der Waals surface area (Å²) in [7, 11) is 0. The lowest BCUT2D eigenvalue weighted by Crippen LogP contribution is -2.37. The van der Waals surface area contributed by atoms with Crippen LogP contribution in [0.3, 0.4) is 0 Å². The smallest absolute Gasteiger partial charge is 0.312 e. The number of ether oxygens (including phenoxy) is 2. The molecule has 0 saturated carbocycles. The Labute approximate surface area is 76.7 Å². The largest absolute Gasteiger partial charge is 0.465 e. The van der Waals surface area contributed by atoms with Gasteiger partial charge in [-0.25, -0.2) is 0 Å². The second-order valence-corrected chi connectivity index (χ2v) is 4.08. The number of fused-ring (bicyclic) bond motifs is 5. The van der Waals surface area contributed by atoms with E-state index in [2.05, 4.69) is 13.0 Å². The SMILES string of the molecule is CCC12COC(=O)C1C1C=CC2O1. The molecule has 3 aliphatic rings. The molecule has 0 amide bonds. The normalized spacial score (nSPS) is 51.2. The molecule has 3 heterocycles. The Balaban J connectivity index is 2.08. The Morgan fingerprint density at radius 3 is 3.15 bits per heavy atom.